The molecule has 2 N–H and O–H groups in total. The van der Waals surface area contributed by atoms with Gasteiger partial charge in [-0.2, -0.15) is 0 Å². The van der Waals surface area contributed by atoms with E-state index < -0.39 is 0 Å². The summed E-state index contributed by atoms with van der Waals surface area (Å²) in [6.07, 6.45) is 0. The van der Waals surface area contributed by atoms with E-state index in [0.717, 1.165) is 4.88 Å². The van der Waals surface area contributed by atoms with Crippen molar-refractivity contribution in [1.29, 1.82) is 0 Å². The summed E-state index contributed by atoms with van der Waals surface area (Å²) < 4.78 is 0. The van der Waals surface area contributed by atoms with E-state index in [0.29, 0.717) is 5.88 Å². The van der Waals surface area contributed by atoms with Crippen molar-refractivity contribution in [3.8, 4) is 0 Å². The third-order valence-electron chi connectivity index (χ3n) is 1.07. The van der Waals surface area contributed by atoms with Crippen molar-refractivity contribution in [2.24, 2.45) is 5.73 Å². The van der Waals surface area contributed by atoms with E-state index in [9.17, 15) is 0 Å². The van der Waals surface area contributed by atoms with Crippen molar-refractivity contribution in [3.05, 3.63) is 22.4 Å². The molecule has 1 aromatic rings. The molecule has 0 bridgehead atoms. The van der Waals surface area contributed by atoms with Crippen molar-refractivity contribution in [3.63, 3.8) is 0 Å². The first-order valence-electron chi connectivity index (χ1n) is 2.69. The Bertz CT molecular complexity index is 162. The third-order valence-corrected chi connectivity index (χ3v) is 2.41. The Morgan fingerprint density at radius 3 is 3.00 bits per heavy atom. The fourth-order valence-electron chi connectivity index (χ4n) is 0.578. The molecule has 0 spiro atoms. The molecule has 0 aliphatic heterocycles. The summed E-state index contributed by atoms with van der Waals surface area (Å²) in [5.74, 6) is 0.501. The Morgan fingerprint density at radius 1 is 1.78 bits per heavy atom. The van der Waals surface area contributed by atoms with Crippen LogP contribution in [0.15, 0.2) is 17.5 Å². The quantitative estimate of drug-likeness (QED) is 0.660. The Kier molecular flexibility index (Phi) is 2.51. The van der Waals surface area contributed by atoms with E-state index in [4.69, 9.17) is 17.3 Å². The smallest absolute Gasteiger partial charge is 0.0527 e. The second kappa shape index (κ2) is 3.20. The van der Waals surface area contributed by atoms with Crippen LogP contribution >= 0.6 is 22.9 Å². The zero-order valence-electron chi connectivity index (χ0n) is 4.88. The highest BCUT2D eigenvalue weighted by molar-refractivity contribution is 7.10. The van der Waals surface area contributed by atoms with Crippen LogP contribution in [0.1, 0.15) is 10.9 Å². The minimum absolute atomic E-state index is 0.0201. The molecule has 1 atom stereocenters. The Hall–Kier alpha value is -0.0500. The van der Waals surface area contributed by atoms with E-state index in [1.807, 2.05) is 17.5 Å². The fraction of sp³-hybridized carbons (Fsp3) is 0.333. The van der Waals surface area contributed by atoms with Crippen LogP contribution in [0.5, 0.6) is 0 Å². The predicted octanol–water partition coefficient (Wildman–Crippen LogP) is 1.99. The van der Waals surface area contributed by atoms with Gasteiger partial charge < -0.3 is 5.73 Å². The summed E-state index contributed by atoms with van der Waals surface area (Å²) in [6.45, 7) is 0. The molecule has 0 saturated heterocycles. The van der Waals surface area contributed by atoms with Crippen molar-refractivity contribution < 1.29 is 0 Å². The summed E-state index contributed by atoms with van der Waals surface area (Å²) in [5.41, 5.74) is 5.62. The highest BCUT2D eigenvalue weighted by Crippen LogP contribution is 2.16. The Labute approximate surface area is 63.4 Å². The van der Waals surface area contributed by atoms with Gasteiger partial charge in [-0.1, -0.05) is 6.07 Å². The lowest BCUT2D eigenvalue weighted by Gasteiger charge is -2.01. The number of hydrogen-bond donors (Lipinski definition) is 1. The Morgan fingerprint density at radius 2 is 2.56 bits per heavy atom. The third kappa shape index (κ3) is 1.68. The molecule has 3 heteroatoms. The van der Waals surface area contributed by atoms with E-state index in [1.54, 1.807) is 11.3 Å². The maximum Gasteiger partial charge on any atom is 0.0527 e. The topological polar surface area (TPSA) is 26.0 Å². The molecule has 0 amide bonds. The zero-order chi connectivity index (χ0) is 6.69. The van der Waals surface area contributed by atoms with Crippen LogP contribution in [0.2, 0.25) is 0 Å². The minimum Gasteiger partial charge on any atom is -0.322 e. The highest BCUT2D eigenvalue weighted by Gasteiger charge is 2.02. The normalized spacial score (nSPS) is 13.6. The number of nitrogens with two attached hydrogens (primary N) is 1. The predicted molar refractivity (Wildman–Crippen MR) is 42.0 cm³/mol. The summed E-state index contributed by atoms with van der Waals surface area (Å²) in [7, 11) is 0. The monoisotopic (exact) mass is 161 g/mol. The van der Waals surface area contributed by atoms with Gasteiger partial charge in [0.25, 0.3) is 0 Å². The molecule has 0 saturated carbocycles. The van der Waals surface area contributed by atoms with Crippen molar-refractivity contribution in [1.82, 2.24) is 0 Å². The molecule has 1 nitrogen and oxygen atoms in total. The molecule has 0 fully saturated rings. The van der Waals surface area contributed by atoms with Gasteiger partial charge in [0.05, 0.1) is 6.04 Å². The lowest BCUT2D eigenvalue weighted by molar-refractivity contribution is 0.847. The van der Waals surface area contributed by atoms with Gasteiger partial charge >= 0.3 is 0 Å². The summed E-state index contributed by atoms with van der Waals surface area (Å²) in [5, 5.41) is 2.00. The molecule has 1 heterocycles. The lowest BCUT2D eigenvalue weighted by atomic mass is 10.3. The molecular formula is C6H8ClNS. The first-order valence-corrected chi connectivity index (χ1v) is 4.11. The van der Waals surface area contributed by atoms with E-state index in [-0.39, 0.29) is 6.04 Å². The van der Waals surface area contributed by atoms with Gasteiger partial charge in [0.1, 0.15) is 0 Å². The van der Waals surface area contributed by atoms with Gasteiger partial charge in [-0.25, -0.2) is 0 Å². The fourth-order valence-corrected chi connectivity index (χ4v) is 1.57. The maximum atomic E-state index is 5.62. The van der Waals surface area contributed by atoms with Gasteiger partial charge in [0, 0.05) is 10.8 Å². The van der Waals surface area contributed by atoms with Crippen molar-refractivity contribution in [2.45, 2.75) is 6.04 Å². The number of alkyl halides is 1. The van der Waals surface area contributed by atoms with Crippen LogP contribution in [-0.2, 0) is 0 Å². The van der Waals surface area contributed by atoms with Crippen molar-refractivity contribution >= 4 is 22.9 Å². The number of rotatable bonds is 2. The highest BCUT2D eigenvalue weighted by atomic mass is 35.5. The average Bonchev–Trinajstić information content (AvgIpc) is 2.37. The van der Waals surface area contributed by atoms with Gasteiger partial charge in [0.15, 0.2) is 0 Å². The summed E-state index contributed by atoms with van der Waals surface area (Å²) in [6, 6.07) is 4.00. The molecule has 0 aromatic carbocycles. The molecule has 0 radical (unpaired) electrons. The molecule has 1 aromatic heterocycles. The van der Waals surface area contributed by atoms with Gasteiger partial charge in [-0.3, -0.25) is 0 Å². The van der Waals surface area contributed by atoms with Gasteiger partial charge in [-0.05, 0) is 11.4 Å². The van der Waals surface area contributed by atoms with Crippen LogP contribution in [-0.4, -0.2) is 5.88 Å². The molecule has 0 aliphatic carbocycles. The maximum absolute atomic E-state index is 5.62. The molecule has 0 unspecified atom stereocenters. The molecular weight excluding hydrogens is 154 g/mol. The van der Waals surface area contributed by atoms with Gasteiger partial charge in [-0.15, -0.1) is 22.9 Å². The molecule has 9 heavy (non-hydrogen) atoms. The second-order valence-corrected chi connectivity index (χ2v) is 3.06. The largest absolute Gasteiger partial charge is 0.322 e. The number of thiophene rings is 1. The summed E-state index contributed by atoms with van der Waals surface area (Å²) in [4.78, 5) is 1.16. The van der Waals surface area contributed by atoms with Gasteiger partial charge in [0.2, 0.25) is 0 Å². The molecule has 0 aliphatic rings. The summed E-state index contributed by atoms with van der Waals surface area (Å²) >= 11 is 7.17. The van der Waals surface area contributed by atoms with E-state index in [2.05, 4.69) is 0 Å². The van der Waals surface area contributed by atoms with Crippen LogP contribution in [0, 0.1) is 0 Å². The number of halogens is 1. The number of hydrogen-bond acceptors (Lipinski definition) is 2. The molecule has 1 rings (SSSR count). The standard InChI is InChI=1S/C6H8ClNS/c7-4-5(8)6-2-1-3-9-6/h1-3,5H,4,8H2/t5-/m0/s1. The lowest BCUT2D eigenvalue weighted by Crippen LogP contribution is -2.09. The molecule has 50 valence electrons. The second-order valence-electron chi connectivity index (χ2n) is 1.78. The van der Waals surface area contributed by atoms with Crippen LogP contribution in [0.3, 0.4) is 0 Å². The van der Waals surface area contributed by atoms with Crippen LogP contribution in [0.25, 0.3) is 0 Å². The van der Waals surface area contributed by atoms with E-state index in [1.165, 1.54) is 0 Å². The minimum atomic E-state index is 0.0201. The SMILES string of the molecule is N[C@@H](CCl)c1cccs1. The van der Waals surface area contributed by atoms with Crippen molar-refractivity contribution in [2.75, 3.05) is 5.88 Å². The van der Waals surface area contributed by atoms with E-state index >= 15 is 0 Å². The first-order chi connectivity index (χ1) is 4.34. The van der Waals surface area contributed by atoms with Crippen LogP contribution < -0.4 is 5.73 Å². The Balaban J connectivity index is 2.65. The van der Waals surface area contributed by atoms with Crippen LogP contribution in [0.4, 0.5) is 0 Å². The average molecular weight is 162 g/mol. The zero-order valence-corrected chi connectivity index (χ0v) is 6.45. The first kappa shape index (κ1) is 7.06.